The number of nitrogens with zero attached hydrogens (tertiary/aromatic N) is 1. The van der Waals surface area contributed by atoms with Crippen LogP contribution in [0, 0.1) is 5.92 Å². The zero-order valence-electron chi connectivity index (χ0n) is 10.9. The van der Waals surface area contributed by atoms with Crippen molar-refractivity contribution in [3.8, 4) is 0 Å². The lowest BCUT2D eigenvalue weighted by Gasteiger charge is -2.42. The first-order valence-electron chi connectivity index (χ1n) is 7.13. The first kappa shape index (κ1) is 12.4. The largest absolute Gasteiger partial charge is 0.390 e. The van der Waals surface area contributed by atoms with Crippen molar-refractivity contribution in [2.75, 3.05) is 13.1 Å². The van der Waals surface area contributed by atoms with Crippen molar-refractivity contribution in [1.29, 1.82) is 0 Å². The van der Waals surface area contributed by atoms with Crippen LogP contribution in [0.25, 0.3) is 0 Å². The number of piperidine rings is 1. The quantitative estimate of drug-likeness (QED) is 0.795. The van der Waals surface area contributed by atoms with Crippen LogP contribution in [0.1, 0.15) is 58.8 Å². The van der Waals surface area contributed by atoms with Gasteiger partial charge in [0.05, 0.1) is 5.60 Å². The second-order valence-corrected chi connectivity index (χ2v) is 5.90. The minimum atomic E-state index is -0.345. The van der Waals surface area contributed by atoms with E-state index in [2.05, 4.69) is 18.7 Å². The first-order valence-corrected chi connectivity index (χ1v) is 7.13. The molecule has 2 heteroatoms. The van der Waals surface area contributed by atoms with E-state index in [1.807, 2.05) is 0 Å². The van der Waals surface area contributed by atoms with Gasteiger partial charge in [-0.2, -0.15) is 0 Å². The van der Waals surface area contributed by atoms with Crippen LogP contribution in [-0.4, -0.2) is 34.7 Å². The number of hydrogen-bond acceptors (Lipinski definition) is 2. The van der Waals surface area contributed by atoms with E-state index in [9.17, 15) is 5.11 Å². The minimum Gasteiger partial charge on any atom is -0.390 e. The summed E-state index contributed by atoms with van der Waals surface area (Å²) in [6.45, 7) is 6.90. The molecule has 2 fully saturated rings. The molecular weight excluding hydrogens is 198 g/mol. The molecule has 2 atom stereocenters. The van der Waals surface area contributed by atoms with E-state index in [0.29, 0.717) is 6.04 Å². The molecule has 0 spiro atoms. The Balaban J connectivity index is 1.92. The average Bonchev–Trinajstić information content (AvgIpc) is 2.72. The second kappa shape index (κ2) is 5.05. The Morgan fingerprint density at radius 3 is 2.75 bits per heavy atom. The summed E-state index contributed by atoms with van der Waals surface area (Å²) in [6.07, 6.45) is 8.14. The Morgan fingerprint density at radius 1 is 1.31 bits per heavy atom. The molecule has 0 aromatic heterocycles. The van der Waals surface area contributed by atoms with E-state index in [1.54, 1.807) is 0 Å². The molecule has 2 unspecified atom stereocenters. The summed E-state index contributed by atoms with van der Waals surface area (Å²) in [4.78, 5) is 2.58. The summed E-state index contributed by atoms with van der Waals surface area (Å²) in [7, 11) is 0. The van der Waals surface area contributed by atoms with E-state index in [-0.39, 0.29) is 5.60 Å². The molecule has 2 aliphatic heterocycles. The van der Waals surface area contributed by atoms with Gasteiger partial charge in [0.2, 0.25) is 0 Å². The summed E-state index contributed by atoms with van der Waals surface area (Å²) in [5.41, 5.74) is -0.345. The lowest BCUT2D eigenvalue weighted by molar-refractivity contribution is -0.0531. The lowest BCUT2D eigenvalue weighted by atomic mass is 9.78. The number of rotatable bonds is 4. The highest BCUT2D eigenvalue weighted by Crippen LogP contribution is 2.37. The fourth-order valence-corrected chi connectivity index (χ4v) is 3.61. The van der Waals surface area contributed by atoms with E-state index < -0.39 is 0 Å². The van der Waals surface area contributed by atoms with E-state index in [0.717, 1.165) is 31.7 Å². The first-order chi connectivity index (χ1) is 7.67. The Kier molecular flexibility index (Phi) is 3.91. The zero-order valence-corrected chi connectivity index (χ0v) is 10.9. The van der Waals surface area contributed by atoms with Crippen LogP contribution in [-0.2, 0) is 0 Å². The van der Waals surface area contributed by atoms with Crippen LogP contribution >= 0.6 is 0 Å². The van der Waals surface area contributed by atoms with Crippen molar-refractivity contribution in [1.82, 2.24) is 4.90 Å². The van der Waals surface area contributed by atoms with Gasteiger partial charge in [-0.15, -0.1) is 0 Å². The van der Waals surface area contributed by atoms with Gasteiger partial charge >= 0.3 is 0 Å². The maximum Gasteiger partial charge on any atom is 0.0677 e. The molecule has 94 valence electrons. The topological polar surface area (TPSA) is 23.5 Å². The highest BCUT2D eigenvalue weighted by atomic mass is 16.3. The van der Waals surface area contributed by atoms with Gasteiger partial charge in [-0.25, -0.2) is 0 Å². The Bertz CT molecular complexity index is 223. The molecule has 0 saturated carbocycles. The van der Waals surface area contributed by atoms with Gasteiger partial charge in [0.15, 0.2) is 0 Å². The maximum atomic E-state index is 10.7. The minimum absolute atomic E-state index is 0.345. The Labute approximate surface area is 100 Å². The molecule has 2 aliphatic rings. The predicted octanol–water partition coefficient (Wildman–Crippen LogP) is 2.80. The summed E-state index contributed by atoms with van der Waals surface area (Å²) in [5.74, 6) is 0.720. The van der Waals surface area contributed by atoms with Crippen LogP contribution < -0.4 is 0 Å². The molecule has 1 N–H and O–H groups in total. The van der Waals surface area contributed by atoms with Gasteiger partial charge in [-0.3, -0.25) is 0 Å². The third-order valence-corrected chi connectivity index (χ3v) is 4.80. The molecule has 0 bridgehead atoms. The lowest BCUT2D eigenvalue weighted by Crippen LogP contribution is -2.48. The second-order valence-electron chi connectivity index (χ2n) is 5.90. The molecule has 0 aromatic rings. The van der Waals surface area contributed by atoms with E-state index >= 15 is 0 Å². The fraction of sp³-hybridized carbons (Fsp3) is 1.00. The van der Waals surface area contributed by atoms with Gasteiger partial charge in [-0.05, 0) is 44.6 Å². The Hall–Kier alpha value is -0.0800. The van der Waals surface area contributed by atoms with Gasteiger partial charge in [0.1, 0.15) is 0 Å². The van der Waals surface area contributed by atoms with Crippen molar-refractivity contribution in [3.05, 3.63) is 0 Å². The van der Waals surface area contributed by atoms with Crippen LogP contribution in [0.3, 0.4) is 0 Å². The number of aliphatic hydroxyl groups is 1. The van der Waals surface area contributed by atoms with Crippen molar-refractivity contribution >= 4 is 0 Å². The van der Waals surface area contributed by atoms with E-state index in [4.69, 9.17) is 0 Å². The van der Waals surface area contributed by atoms with Crippen molar-refractivity contribution in [2.45, 2.75) is 70.4 Å². The van der Waals surface area contributed by atoms with Gasteiger partial charge in [0, 0.05) is 12.6 Å². The average molecular weight is 225 g/mol. The van der Waals surface area contributed by atoms with Crippen molar-refractivity contribution < 1.29 is 5.11 Å². The van der Waals surface area contributed by atoms with Crippen LogP contribution in [0.5, 0.6) is 0 Å². The summed E-state index contributed by atoms with van der Waals surface area (Å²) in [6, 6.07) is 0.688. The van der Waals surface area contributed by atoms with Crippen LogP contribution in [0.15, 0.2) is 0 Å². The predicted molar refractivity (Wildman–Crippen MR) is 67.5 cm³/mol. The molecule has 2 nitrogen and oxygen atoms in total. The van der Waals surface area contributed by atoms with Crippen LogP contribution in [0.4, 0.5) is 0 Å². The maximum absolute atomic E-state index is 10.7. The smallest absolute Gasteiger partial charge is 0.0677 e. The van der Waals surface area contributed by atoms with Crippen molar-refractivity contribution in [2.24, 2.45) is 5.92 Å². The number of fused-ring (bicyclic) bond motifs is 1. The fourth-order valence-electron chi connectivity index (χ4n) is 3.61. The Morgan fingerprint density at radius 2 is 2.06 bits per heavy atom. The summed E-state index contributed by atoms with van der Waals surface area (Å²) < 4.78 is 0. The standard InChI is InChI=1S/C14H27NO/c1-3-12(4-2)10-14(16)7-9-15-8-5-6-13(15)11-14/h12-13,16H,3-11H2,1-2H3. The third-order valence-electron chi connectivity index (χ3n) is 4.80. The van der Waals surface area contributed by atoms with E-state index in [1.165, 1.54) is 32.2 Å². The summed E-state index contributed by atoms with van der Waals surface area (Å²) in [5, 5.41) is 10.7. The number of hydrogen-bond donors (Lipinski definition) is 1. The normalized spacial score (nSPS) is 35.6. The molecule has 2 rings (SSSR count). The highest BCUT2D eigenvalue weighted by Gasteiger charge is 2.40. The monoisotopic (exact) mass is 225 g/mol. The molecule has 2 saturated heterocycles. The molecule has 0 aliphatic carbocycles. The molecule has 0 radical (unpaired) electrons. The SMILES string of the molecule is CCC(CC)CC1(O)CCN2CCCC2C1. The molecular formula is C14H27NO. The highest BCUT2D eigenvalue weighted by molar-refractivity contribution is 4.95. The van der Waals surface area contributed by atoms with Crippen LogP contribution in [0.2, 0.25) is 0 Å². The van der Waals surface area contributed by atoms with Crippen molar-refractivity contribution in [3.63, 3.8) is 0 Å². The van der Waals surface area contributed by atoms with Gasteiger partial charge in [0.25, 0.3) is 0 Å². The molecule has 16 heavy (non-hydrogen) atoms. The molecule has 2 heterocycles. The van der Waals surface area contributed by atoms with Gasteiger partial charge < -0.3 is 10.0 Å². The zero-order chi connectivity index (χ0) is 11.6. The summed E-state index contributed by atoms with van der Waals surface area (Å²) >= 11 is 0. The molecule has 0 aromatic carbocycles. The van der Waals surface area contributed by atoms with Gasteiger partial charge in [-0.1, -0.05) is 26.7 Å². The third kappa shape index (κ3) is 2.60. The molecule has 0 amide bonds.